The summed E-state index contributed by atoms with van der Waals surface area (Å²) >= 11 is 1.62. The second-order valence-corrected chi connectivity index (χ2v) is 9.80. The van der Waals surface area contributed by atoms with Crippen LogP contribution in [0.5, 0.6) is 0 Å². The number of ether oxygens (including phenoxy) is 1. The molecule has 0 aliphatic carbocycles. The monoisotopic (exact) mass is 504 g/mol. The fourth-order valence-electron chi connectivity index (χ4n) is 4.60. The predicted molar refractivity (Wildman–Crippen MR) is 145 cm³/mol. The topological polar surface area (TPSA) is 81.8 Å². The molecule has 0 saturated carbocycles. The highest BCUT2D eigenvalue weighted by atomic mass is 32.2. The van der Waals surface area contributed by atoms with Crippen LogP contribution >= 0.6 is 11.9 Å². The molecule has 1 unspecified atom stereocenters. The number of aromatic nitrogens is 1. The third-order valence-electron chi connectivity index (χ3n) is 6.53. The minimum atomic E-state index is -0.246. The van der Waals surface area contributed by atoms with Crippen LogP contribution in [0.4, 0.5) is 21.9 Å². The van der Waals surface area contributed by atoms with Crippen molar-refractivity contribution in [2.24, 2.45) is 0 Å². The maximum absolute atomic E-state index is 12.2. The highest BCUT2D eigenvalue weighted by molar-refractivity contribution is 8.00. The quantitative estimate of drug-likeness (QED) is 0.392. The summed E-state index contributed by atoms with van der Waals surface area (Å²) in [5, 5.41) is 5.71. The van der Waals surface area contributed by atoms with Crippen LogP contribution in [0.15, 0.2) is 78.0 Å². The van der Waals surface area contributed by atoms with E-state index in [4.69, 9.17) is 4.74 Å². The van der Waals surface area contributed by atoms with Crippen molar-refractivity contribution >= 4 is 35.0 Å². The molecule has 9 heteroatoms. The molecule has 3 aromatic rings. The van der Waals surface area contributed by atoms with Gasteiger partial charge in [-0.05, 0) is 66.4 Å². The van der Waals surface area contributed by atoms with Gasteiger partial charge in [-0.2, -0.15) is 0 Å². The summed E-state index contributed by atoms with van der Waals surface area (Å²) in [7, 11) is 0. The number of nitrogens with one attached hydrogen (secondary N) is 3. The molecule has 3 N–H and O–H groups in total. The molecule has 0 bridgehead atoms. The zero-order valence-electron chi connectivity index (χ0n) is 20.2. The number of para-hydroxylation sites is 1. The standard InChI is InChI=1S/C27H32N6O2S/c34-27(29-19-21-4-3-12-28-18-21)30-22-7-9-23(10-8-22)31-36-26-6-2-1-5-25(26)33-13-11-24(20-33)32-14-16-35-17-15-32/h1-10,12,18,24,31H,11,13-17,19-20H2,(H2,29,30,34). The molecule has 1 aromatic heterocycles. The number of anilines is 3. The summed E-state index contributed by atoms with van der Waals surface area (Å²) in [6, 6.07) is 20.4. The molecule has 8 nitrogen and oxygen atoms in total. The largest absolute Gasteiger partial charge is 0.379 e. The molecule has 36 heavy (non-hydrogen) atoms. The Hall–Kier alpha value is -3.27. The highest BCUT2D eigenvalue weighted by Gasteiger charge is 2.29. The Balaban J connectivity index is 1.12. The molecule has 2 saturated heterocycles. The van der Waals surface area contributed by atoms with Gasteiger partial charge in [0.15, 0.2) is 0 Å². The molecular weight excluding hydrogens is 472 g/mol. The SMILES string of the molecule is O=C(NCc1cccnc1)Nc1ccc(NSc2ccccc2N2CCC(N3CCOCC3)C2)cc1. The first-order chi connectivity index (χ1) is 17.7. The highest BCUT2D eigenvalue weighted by Crippen LogP contribution is 2.34. The first kappa shape index (κ1) is 24.4. The average Bonchev–Trinajstić information content (AvgIpc) is 3.43. The van der Waals surface area contributed by atoms with Crippen LogP contribution in [-0.4, -0.2) is 61.3 Å². The molecule has 188 valence electrons. The van der Waals surface area contributed by atoms with E-state index in [1.54, 1.807) is 24.3 Å². The van der Waals surface area contributed by atoms with Crippen LogP contribution in [0.25, 0.3) is 0 Å². The Bertz CT molecular complexity index is 1120. The van der Waals surface area contributed by atoms with E-state index in [0.29, 0.717) is 12.6 Å². The van der Waals surface area contributed by atoms with E-state index in [1.807, 2.05) is 36.4 Å². The van der Waals surface area contributed by atoms with E-state index in [0.717, 1.165) is 56.3 Å². The summed E-state index contributed by atoms with van der Waals surface area (Å²) < 4.78 is 8.98. The van der Waals surface area contributed by atoms with Gasteiger partial charge in [0.2, 0.25) is 0 Å². The van der Waals surface area contributed by atoms with Crippen molar-refractivity contribution in [1.82, 2.24) is 15.2 Å². The Morgan fingerprint density at radius 2 is 1.81 bits per heavy atom. The number of nitrogens with zero attached hydrogens (tertiary/aromatic N) is 3. The number of carbonyl (C=O) groups excluding carboxylic acids is 1. The summed E-state index contributed by atoms with van der Waals surface area (Å²) in [5.74, 6) is 0. The van der Waals surface area contributed by atoms with E-state index in [1.165, 1.54) is 17.0 Å². The molecule has 3 heterocycles. The number of rotatable bonds is 8. The molecule has 5 rings (SSSR count). The number of morpholine rings is 1. The van der Waals surface area contributed by atoms with Gasteiger partial charge in [-0.25, -0.2) is 4.79 Å². The number of benzene rings is 2. The number of carbonyl (C=O) groups is 1. The second kappa shape index (κ2) is 12.1. The van der Waals surface area contributed by atoms with Crippen molar-refractivity contribution < 1.29 is 9.53 Å². The van der Waals surface area contributed by atoms with Gasteiger partial charge in [0, 0.05) is 62.5 Å². The first-order valence-corrected chi connectivity index (χ1v) is 13.2. The lowest BCUT2D eigenvalue weighted by molar-refractivity contribution is 0.0209. The average molecular weight is 505 g/mol. The zero-order chi connectivity index (χ0) is 24.6. The molecule has 0 spiro atoms. The van der Waals surface area contributed by atoms with Crippen LogP contribution in [-0.2, 0) is 11.3 Å². The molecule has 1 atom stereocenters. The molecular formula is C27H32N6O2S. The van der Waals surface area contributed by atoms with Crippen LogP contribution in [0.2, 0.25) is 0 Å². The van der Waals surface area contributed by atoms with Crippen molar-refractivity contribution in [3.8, 4) is 0 Å². The minimum Gasteiger partial charge on any atom is -0.379 e. The fraction of sp³-hybridized carbons (Fsp3) is 0.333. The molecule has 2 fully saturated rings. The van der Waals surface area contributed by atoms with Gasteiger partial charge in [-0.3, -0.25) is 9.88 Å². The third-order valence-corrected chi connectivity index (χ3v) is 7.43. The van der Waals surface area contributed by atoms with E-state index in [-0.39, 0.29) is 6.03 Å². The second-order valence-electron chi connectivity index (χ2n) is 8.96. The van der Waals surface area contributed by atoms with E-state index in [2.05, 4.69) is 54.4 Å². The van der Waals surface area contributed by atoms with E-state index < -0.39 is 0 Å². The van der Waals surface area contributed by atoms with Crippen LogP contribution in [0.1, 0.15) is 12.0 Å². The van der Waals surface area contributed by atoms with Crippen molar-refractivity contribution in [3.63, 3.8) is 0 Å². The van der Waals surface area contributed by atoms with Gasteiger partial charge in [-0.1, -0.05) is 18.2 Å². The summed E-state index contributed by atoms with van der Waals surface area (Å²) in [5.41, 5.74) is 3.94. The molecule has 2 amide bonds. The van der Waals surface area contributed by atoms with Crippen molar-refractivity contribution in [3.05, 3.63) is 78.6 Å². The Labute approximate surface area is 216 Å². The van der Waals surface area contributed by atoms with Gasteiger partial charge in [-0.15, -0.1) is 0 Å². The molecule has 2 aromatic carbocycles. The summed E-state index contributed by atoms with van der Waals surface area (Å²) in [6.07, 6.45) is 4.64. The Morgan fingerprint density at radius 3 is 2.61 bits per heavy atom. The Kier molecular flexibility index (Phi) is 8.22. The summed E-state index contributed by atoms with van der Waals surface area (Å²) in [6.45, 7) is 6.32. The zero-order valence-corrected chi connectivity index (χ0v) is 21.0. The smallest absolute Gasteiger partial charge is 0.319 e. The molecule has 2 aliphatic rings. The first-order valence-electron chi connectivity index (χ1n) is 12.4. The van der Waals surface area contributed by atoms with Crippen molar-refractivity contribution in [2.45, 2.75) is 23.9 Å². The predicted octanol–water partition coefficient (Wildman–Crippen LogP) is 4.43. The van der Waals surface area contributed by atoms with Gasteiger partial charge >= 0.3 is 6.03 Å². The van der Waals surface area contributed by atoms with Crippen molar-refractivity contribution in [1.29, 1.82) is 0 Å². The molecule has 2 aliphatic heterocycles. The van der Waals surface area contributed by atoms with Crippen LogP contribution in [0, 0.1) is 0 Å². The Morgan fingerprint density at radius 1 is 1.00 bits per heavy atom. The number of hydrogen-bond acceptors (Lipinski definition) is 7. The maximum atomic E-state index is 12.2. The lowest BCUT2D eigenvalue weighted by Crippen LogP contribution is -2.44. The number of hydrogen-bond donors (Lipinski definition) is 3. The van der Waals surface area contributed by atoms with Crippen LogP contribution < -0.4 is 20.3 Å². The third kappa shape index (κ3) is 6.48. The fourth-order valence-corrected chi connectivity index (χ4v) is 5.41. The minimum absolute atomic E-state index is 0.246. The summed E-state index contributed by atoms with van der Waals surface area (Å²) in [4.78, 5) is 22.5. The number of urea groups is 1. The number of amides is 2. The van der Waals surface area contributed by atoms with Gasteiger partial charge in [0.05, 0.1) is 23.8 Å². The number of pyridine rings is 1. The van der Waals surface area contributed by atoms with Gasteiger partial charge in [0.25, 0.3) is 0 Å². The normalized spacial score (nSPS) is 18.1. The lowest BCUT2D eigenvalue weighted by atomic mass is 10.2. The maximum Gasteiger partial charge on any atom is 0.319 e. The van der Waals surface area contributed by atoms with Gasteiger partial charge in [0.1, 0.15) is 0 Å². The molecule has 0 radical (unpaired) electrons. The lowest BCUT2D eigenvalue weighted by Gasteiger charge is -2.32. The van der Waals surface area contributed by atoms with Crippen molar-refractivity contribution in [2.75, 3.05) is 54.3 Å². The van der Waals surface area contributed by atoms with Crippen LogP contribution in [0.3, 0.4) is 0 Å². The van der Waals surface area contributed by atoms with Gasteiger partial charge < -0.3 is 25.0 Å². The van der Waals surface area contributed by atoms with E-state index >= 15 is 0 Å². The van der Waals surface area contributed by atoms with E-state index in [9.17, 15) is 4.79 Å².